The van der Waals surface area contributed by atoms with Gasteiger partial charge >= 0.3 is 11.6 Å². The molecule has 0 aliphatic heterocycles. The second-order valence-electron chi connectivity index (χ2n) is 5.65. The second-order valence-corrected chi connectivity index (χ2v) is 6.03. The monoisotopic (exact) mass is 360 g/mol. The van der Waals surface area contributed by atoms with Crippen LogP contribution >= 0.6 is 11.6 Å². The molecule has 0 radical (unpaired) electrons. The Morgan fingerprint density at radius 3 is 2.76 bits per heavy atom. The average Bonchev–Trinajstić information content (AvgIpc) is 2.56. The smallest absolute Gasteiger partial charge is 0.328 e. The van der Waals surface area contributed by atoms with Crippen LogP contribution in [0.5, 0.6) is 0 Å². The molecule has 25 heavy (non-hydrogen) atoms. The van der Waals surface area contributed by atoms with E-state index in [1.54, 1.807) is 55.1 Å². The minimum absolute atomic E-state index is 0.136. The van der Waals surface area contributed by atoms with Gasteiger partial charge in [-0.1, -0.05) is 37.6 Å². The van der Waals surface area contributed by atoms with Gasteiger partial charge in [0.15, 0.2) is 0 Å². The van der Waals surface area contributed by atoms with E-state index in [1.165, 1.54) is 6.08 Å². The number of amides is 1. The van der Waals surface area contributed by atoms with E-state index in [0.29, 0.717) is 17.2 Å². The first-order valence-electron chi connectivity index (χ1n) is 7.58. The Bertz CT molecular complexity index is 870. The summed E-state index contributed by atoms with van der Waals surface area (Å²) in [6.07, 6.45) is 4.65. The number of carbonyl (C=O) groups is 1. The van der Waals surface area contributed by atoms with Crippen molar-refractivity contribution in [3.63, 3.8) is 0 Å². The number of rotatable bonds is 5. The molecule has 130 valence electrons. The fraction of sp³-hybridized carbons (Fsp3) is 0.235. The van der Waals surface area contributed by atoms with Crippen molar-refractivity contribution in [2.45, 2.75) is 20.4 Å². The van der Waals surface area contributed by atoms with Crippen LogP contribution in [-0.2, 0) is 11.3 Å². The summed E-state index contributed by atoms with van der Waals surface area (Å²) >= 11 is 5.77. The normalized spacial score (nSPS) is 12.5. The number of halogens is 1. The highest BCUT2D eigenvalue weighted by Gasteiger charge is 2.21. The third kappa shape index (κ3) is 5.36. The Balaban J connectivity index is 2.38. The van der Waals surface area contributed by atoms with Crippen LogP contribution in [0.15, 0.2) is 59.5 Å². The van der Waals surface area contributed by atoms with Crippen LogP contribution in [0.1, 0.15) is 19.4 Å². The Morgan fingerprint density at radius 2 is 2.16 bits per heavy atom. The summed E-state index contributed by atoms with van der Waals surface area (Å²) < 4.78 is 1.70. The fourth-order valence-electron chi connectivity index (χ4n) is 2.09. The van der Waals surface area contributed by atoms with Crippen LogP contribution in [0, 0.1) is 16.0 Å². The highest BCUT2D eigenvalue weighted by Crippen LogP contribution is 2.07. The largest absolute Gasteiger partial charge is 0.349 e. The van der Waals surface area contributed by atoms with Crippen molar-refractivity contribution < 1.29 is 9.72 Å². The lowest BCUT2D eigenvalue weighted by molar-refractivity contribution is -0.419. The number of nitro groups is 1. The zero-order valence-electron chi connectivity index (χ0n) is 13.8. The van der Waals surface area contributed by atoms with E-state index in [4.69, 9.17) is 11.6 Å². The molecule has 2 aromatic heterocycles. The van der Waals surface area contributed by atoms with E-state index >= 15 is 0 Å². The van der Waals surface area contributed by atoms with E-state index in [0.717, 1.165) is 5.56 Å². The number of nitrogens with zero attached hydrogens (tertiary/aromatic N) is 4. The third-order valence-electron chi connectivity index (χ3n) is 3.18. The molecule has 0 fully saturated rings. The summed E-state index contributed by atoms with van der Waals surface area (Å²) in [6, 6.07) is 8.58. The van der Waals surface area contributed by atoms with Crippen molar-refractivity contribution in [3.8, 4) is 0 Å². The maximum Gasteiger partial charge on any atom is 0.349 e. The van der Waals surface area contributed by atoms with Crippen molar-refractivity contribution in [1.29, 1.82) is 0 Å². The first kappa shape index (κ1) is 18.5. The molecule has 0 aliphatic rings. The maximum absolute atomic E-state index is 12.2. The van der Waals surface area contributed by atoms with Crippen LogP contribution in [0.2, 0.25) is 5.15 Å². The molecule has 0 aliphatic carbocycles. The highest BCUT2D eigenvalue weighted by molar-refractivity contribution is 6.29. The lowest BCUT2D eigenvalue weighted by Crippen LogP contribution is -2.23. The lowest BCUT2D eigenvalue weighted by atomic mass is 10.2. The summed E-state index contributed by atoms with van der Waals surface area (Å²) in [5.74, 6) is -1.02. The molecular formula is C17H17ClN4O3. The lowest BCUT2D eigenvalue weighted by Gasteiger charge is -2.07. The van der Waals surface area contributed by atoms with Crippen LogP contribution in [0.4, 0.5) is 0 Å². The van der Waals surface area contributed by atoms with E-state index < -0.39 is 16.5 Å². The molecule has 2 aromatic rings. The first-order valence-corrected chi connectivity index (χ1v) is 7.96. The van der Waals surface area contributed by atoms with Gasteiger partial charge in [0.05, 0.1) is 11.5 Å². The summed E-state index contributed by atoms with van der Waals surface area (Å²) in [7, 11) is 0. The molecular weight excluding hydrogens is 344 g/mol. The molecule has 2 rings (SSSR count). The summed E-state index contributed by atoms with van der Waals surface area (Å²) in [4.78, 5) is 30.5. The molecule has 0 N–H and O–H groups in total. The zero-order valence-corrected chi connectivity index (χ0v) is 14.6. The quantitative estimate of drug-likeness (QED) is 0.355. The van der Waals surface area contributed by atoms with Crippen LogP contribution in [-0.4, -0.2) is 20.4 Å². The molecule has 0 bridgehead atoms. The highest BCUT2D eigenvalue weighted by atomic mass is 35.5. The molecule has 2 heterocycles. The Morgan fingerprint density at radius 1 is 1.40 bits per heavy atom. The maximum atomic E-state index is 12.2. The van der Waals surface area contributed by atoms with Crippen LogP contribution in [0.25, 0.3) is 0 Å². The number of pyridine rings is 2. The molecule has 0 atom stereocenters. The molecule has 7 nitrogen and oxygen atoms in total. The molecule has 0 saturated carbocycles. The van der Waals surface area contributed by atoms with Crippen molar-refractivity contribution in [2.24, 2.45) is 10.9 Å². The molecule has 0 spiro atoms. The van der Waals surface area contributed by atoms with E-state index in [-0.39, 0.29) is 5.92 Å². The van der Waals surface area contributed by atoms with Crippen molar-refractivity contribution in [1.82, 2.24) is 9.55 Å². The van der Waals surface area contributed by atoms with Gasteiger partial charge in [-0.3, -0.25) is 14.9 Å². The van der Waals surface area contributed by atoms with Crippen molar-refractivity contribution >= 4 is 17.5 Å². The van der Waals surface area contributed by atoms with E-state index in [9.17, 15) is 14.9 Å². The first-order chi connectivity index (χ1) is 11.9. The van der Waals surface area contributed by atoms with E-state index in [2.05, 4.69) is 9.98 Å². The predicted molar refractivity (Wildman–Crippen MR) is 93.3 cm³/mol. The Kier molecular flexibility index (Phi) is 6.19. The van der Waals surface area contributed by atoms with Gasteiger partial charge < -0.3 is 4.57 Å². The molecule has 8 heteroatoms. The third-order valence-corrected chi connectivity index (χ3v) is 3.40. The van der Waals surface area contributed by atoms with E-state index in [1.807, 2.05) is 6.07 Å². The van der Waals surface area contributed by atoms with Gasteiger partial charge in [0.1, 0.15) is 10.6 Å². The molecule has 1 amide bonds. The summed E-state index contributed by atoms with van der Waals surface area (Å²) in [6.45, 7) is 3.92. The molecule has 0 aromatic carbocycles. The number of hydrogen-bond donors (Lipinski definition) is 0. The molecule has 0 unspecified atom stereocenters. The minimum Gasteiger partial charge on any atom is -0.328 e. The van der Waals surface area contributed by atoms with Crippen LogP contribution in [0.3, 0.4) is 0 Å². The Hall–Kier alpha value is -2.80. The average molecular weight is 361 g/mol. The van der Waals surface area contributed by atoms with Crippen LogP contribution < -0.4 is 5.49 Å². The van der Waals surface area contributed by atoms with Gasteiger partial charge in [-0.2, -0.15) is 4.99 Å². The summed E-state index contributed by atoms with van der Waals surface area (Å²) in [5.41, 5.74) is 0.647. The van der Waals surface area contributed by atoms with Gasteiger partial charge in [-0.05, 0) is 29.7 Å². The van der Waals surface area contributed by atoms with Gasteiger partial charge in [0.2, 0.25) is 0 Å². The number of aromatic nitrogens is 2. The summed E-state index contributed by atoms with van der Waals surface area (Å²) in [5, 5.41) is 11.5. The fourth-order valence-corrected chi connectivity index (χ4v) is 2.20. The standard InChI is InChI=1S/C17H17ClN4O3/c1-12(2)9-14(22(24)25)17(23)20-16-5-3-4-8-21(16)11-13-6-7-15(18)19-10-13/h3-10,12H,11H2,1-2H3/b14-9-,20-16?. The van der Waals surface area contributed by atoms with Crippen molar-refractivity contribution in [2.75, 3.05) is 0 Å². The van der Waals surface area contributed by atoms with Crippen molar-refractivity contribution in [3.05, 3.63) is 80.8 Å². The SMILES string of the molecule is CC(C)/C=C(/C(=O)N=c1ccccn1Cc1ccc(Cl)nc1)[N+](=O)[O-]. The van der Waals surface area contributed by atoms with Gasteiger partial charge in [-0.15, -0.1) is 0 Å². The van der Waals surface area contributed by atoms with Gasteiger partial charge in [-0.25, -0.2) is 4.98 Å². The van der Waals surface area contributed by atoms with Gasteiger partial charge in [0, 0.05) is 18.5 Å². The topological polar surface area (TPSA) is 90.4 Å². The second kappa shape index (κ2) is 8.34. The minimum atomic E-state index is -0.882. The number of allylic oxidation sites excluding steroid dienone is 1. The zero-order chi connectivity index (χ0) is 18.4. The number of carbonyl (C=O) groups excluding carboxylic acids is 1. The Labute approximate surface area is 149 Å². The predicted octanol–water partition coefficient (Wildman–Crippen LogP) is 2.83. The number of hydrogen-bond acceptors (Lipinski definition) is 4. The molecule has 0 saturated heterocycles. The van der Waals surface area contributed by atoms with Gasteiger partial charge in [0.25, 0.3) is 0 Å².